The molecule has 0 saturated carbocycles. The molecule has 0 radical (unpaired) electrons. The van der Waals surface area contributed by atoms with Crippen molar-refractivity contribution in [3.63, 3.8) is 0 Å². The Bertz CT molecular complexity index is 735. The van der Waals surface area contributed by atoms with Gasteiger partial charge in [0.15, 0.2) is 0 Å². The van der Waals surface area contributed by atoms with Crippen LogP contribution in [0.1, 0.15) is 26.2 Å². The van der Waals surface area contributed by atoms with Crippen molar-refractivity contribution in [3.8, 4) is 5.75 Å². The van der Waals surface area contributed by atoms with Crippen LogP contribution in [-0.2, 0) is 19.5 Å². The molecule has 1 aliphatic heterocycles. The Kier molecular flexibility index (Phi) is 9.52. The summed E-state index contributed by atoms with van der Waals surface area (Å²) in [7, 11) is -3.54. The van der Waals surface area contributed by atoms with Crippen molar-refractivity contribution in [2.24, 2.45) is 5.11 Å². The van der Waals surface area contributed by atoms with Crippen LogP contribution in [0.4, 0.5) is 0 Å². The highest BCUT2D eigenvalue weighted by Gasteiger charge is 2.32. The van der Waals surface area contributed by atoms with Gasteiger partial charge in [-0.05, 0) is 42.6 Å². The number of nitrogens with zero attached hydrogens (tertiary/aromatic N) is 4. The maximum atomic E-state index is 12.8. The van der Waals surface area contributed by atoms with Gasteiger partial charge in [-0.3, -0.25) is 0 Å². The molecule has 1 atom stereocenters. The van der Waals surface area contributed by atoms with E-state index in [2.05, 4.69) is 16.9 Å². The molecule has 9 nitrogen and oxygen atoms in total. The molecule has 0 N–H and O–H groups in total. The normalized spacial score (nSPS) is 17.4. The zero-order valence-corrected chi connectivity index (χ0v) is 17.0. The molecule has 1 saturated heterocycles. The largest absolute Gasteiger partial charge is 0.494 e. The number of sulfonamides is 1. The first-order valence-corrected chi connectivity index (χ1v) is 10.9. The average Bonchev–Trinajstić information content (AvgIpc) is 3.18. The first kappa shape index (κ1) is 22.4. The molecule has 0 spiro atoms. The number of rotatable bonds is 13. The van der Waals surface area contributed by atoms with Crippen LogP contribution in [0.3, 0.4) is 0 Å². The van der Waals surface area contributed by atoms with Gasteiger partial charge >= 0.3 is 0 Å². The second kappa shape index (κ2) is 11.9. The van der Waals surface area contributed by atoms with E-state index in [9.17, 15) is 8.42 Å². The molecule has 0 bridgehead atoms. The lowest BCUT2D eigenvalue weighted by molar-refractivity contribution is 0.0131. The van der Waals surface area contributed by atoms with Crippen LogP contribution in [0, 0.1) is 0 Å². The first-order valence-electron chi connectivity index (χ1n) is 9.51. The number of hydrogen-bond acceptors (Lipinski definition) is 6. The van der Waals surface area contributed by atoms with E-state index in [1.165, 1.54) is 4.31 Å². The SMILES string of the molecule is CCCCOc1ccc(S(=O)(=O)N2CC[C@@H](OCCOCCN=[N+]=[N-])C2)cc1. The summed E-state index contributed by atoms with van der Waals surface area (Å²) in [5, 5.41) is 3.37. The van der Waals surface area contributed by atoms with Gasteiger partial charge in [0.25, 0.3) is 0 Å². The van der Waals surface area contributed by atoms with Crippen LogP contribution >= 0.6 is 0 Å². The molecule has 1 aromatic carbocycles. The lowest BCUT2D eigenvalue weighted by atomic mass is 10.3. The van der Waals surface area contributed by atoms with Gasteiger partial charge in [-0.25, -0.2) is 8.42 Å². The van der Waals surface area contributed by atoms with Gasteiger partial charge in [0.1, 0.15) is 5.75 Å². The molecule has 1 aromatic rings. The van der Waals surface area contributed by atoms with E-state index in [4.69, 9.17) is 19.7 Å². The zero-order chi connectivity index (χ0) is 20.2. The zero-order valence-electron chi connectivity index (χ0n) is 16.2. The van der Waals surface area contributed by atoms with Crippen molar-refractivity contribution in [1.82, 2.24) is 4.31 Å². The summed E-state index contributed by atoms with van der Waals surface area (Å²) in [6.07, 6.45) is 2.52. The third kappa shape index (κ3) is 6.96. The molecule has 1 aliphatic rings. The number of azide groups is 1. The van der Waals surface area contributed by atoms with Crippen LogP contribution in [0.15, 0.2) is 34.3 Å². The smallest absolute Gasteiger partial charge is 0.243 e. The maximum absolute atomic E-state index is 12.8. The minimum Gasteiger partial charge on any atom is -0.494 e. The van der Waals surface area contributed by atoms with Crippen molar-refractivity contribution < 1.29 is 22.6 Å². The van der Waals surface area contributed by atoms with Crippen molar-refractivity contribution in [2.75, 3.05) is 46.1 Å². The summed E-state index contributed by atoms with van der Waals surface area (Å²) in [5.41, 5.74) is 8.16. The summed E-state index contributed by atoms with van der Waals surface area (Å²) >= 11 is 0. The van der Waals surface area contributed by atoms with Gasteiger partial charge in [-0.1, -0.05) is 18.5 Å². The molecular formula is C18H28N4O5S. The van der Waals surface area contributed by atoms with E-state index in [0.29, 0.717) is 51.7 Å². The standard InChI is InChI=1S/C18H28N4O5S/c1-2-3-11-26-16-4-6-18(7-5-16)28(23,24)22-10-8-17(15-22)27-14-13-25-12-9-20-21-19/h4-7,17H,2-3,8-15H2,1H3/t17-/m1/s1. The van der Waals surface area contributed by atoms with Gasteiger partial charge in [0, 0.05) is 24.5 Å². The van der Waals surface area contributed by atoms with E-state index in [1.54, 1.807) is 24.3 Å². The summed E-state index contributed by atoms with van der Waals surface area (Å²) in [4.78, 5) is 2.90. The van der Waals surface area contributed by atoms with Gasteiger partial charge < -0.3 is 14.2 Å². The lowest BCUT2D eigenvalue weighted by Gasteiger charge is -2.17. The average molecular weight is 413 g/mol. The highest BCUT2D eigenvalue weighted by atomic mass is 32.2. The topological polar surface area (TPSA) is 114 Å². The Morgan fingerprint density at radius 3 is 2.71 bits per heavy atom. The molecule has 2 rings (SSSR count). The van der Waals surface area contributed by atoms with Crippen LogP contribution in [0.5, 0.6) is 5.75 Å². The van der Waals surface area contributed by atoms with Crippen molar-refractivity contribution in [1.29, 1.82) is 0 Å². The van der Waals surface area contributed by atoms with Crippen LogP contribution in [-0.4, -0.2) is 64.9 Å². The number of ether oxygens (including phenoxy) is 3. The van der Waals surface area contributed by atoms with Crippen LogP contribution in [0.2, 0.25) is 0 Å². The first-order chi connectivity index (χ1) is 13.6. The fraction of sp³-hybridized carbons (Fsp3) is 0.667. The van der Waals surface area contributed by atoms with E-state index in [-0.39, 0.29) is 17.5 Å². The van der Waals surface area contributed by atoms with Crippen molar-refractivity contribution in [3.05, 3.63) is 34.7 Å². The third-order valence-corrected chi connectivity index (χ3v) is 6.20. The van der Waals surface area contributed by atoms with Gasteiger partial charge in [0.05, 0.1) is 37.4 Å². The van der Waals surface area contributed by atoms with Gasteiger partial charge in [0.2, 0.25) is 10.0 Å². The Balaban J connectivity index is 1.77. The highest BCUT2D eigenvalue weighted by molar-refractivity contribution is 7.89. The summed E-state index contributed by atoms with van der Waals surface area (Å²) < 4.78 is 43.6. The molecule has 0 aromatic heterocycles. The number of hydrogen-bond donors (Lipinski definition) is 0. The summed E-state index contributed by atoms with van der Waals surface area (Å²) in [6, 6.07) is 6.56. The van der Waals surface area contributed by atoms with Crippen LogP contribution in [0.25, 0.3) is 10.4 Å². The summed E-state index contributed by atoms with van der Waals surface area (Å²) in [5.74, 6) is 0.676. The fourth-order valence-corrected chi connectivity index (χ4v) is 4.26. The quantitative estimate of drug-likeness (QED) is 0.214. The van der Waals surface area contributed by atoms with Crippen LogP contribution < -0.4 is 4.74 Å². The Labute approximate surface area is 166 Å². The predicted octanol–water partition coefficient (Wildman–Crippen LogP) is 2.97. The molecule has 10 heteroatoms. The van der Waals surface area contributed by atoms with E-state index >= 15 is 0 Å². The molecule has 1 fully saturated rings. The molecule has 0 aliphatic carbocycles. The predicted molar refractivity (Wildman–Crippen MR) is 105 cm³/mol. The van der Waals surface area contributed by atoms with E-state index in [1.807, 2.05) is 0 Å². The van der Waals surface area contributed by atoms with Crippen molar-refractivity contribution in [2.45, 2.75) is 37.2 Å². The van der Waals surface area contributed by atoms with E-state index in [0.717, 1.165) is 12.8 Å². The van der Waals surface area contributed by atoms with Crippen molar-refractivity contribution >= 4 is 10.0 Å². The Hall–Kier alpha value is -1.84. The molecule has 0 amide bonds. The lowest BCUT2D eigenvalue weighted by Crippen LogP contribution is -2.30. The summed E-state index contributed by atoms with van der Waals surface area (Å²) in [6.45, 7) is 4.86. The second-order valence-electron chi connectivity index (χ2n) is 6.38. The van der Waals surface area contributed by atoms with Gasteiger partial charge in [-0.15, -0.1) is 0 Å². The minimum absolute atomic E-state index is 0.146. The number of benzene rings is 1. The minimum atomic E-state index is -3.54. The highest BCUT2D eigenvalue weighted by Crippen LogP contribution is 2.24. The molecule has 1 heterocycles. The second-order valence-corrected chi connectivity index (χ2v) is 8.32. The monoisotopic (exact) mass is 412 g/mol. The number of unbranched alkanes of at least 4 members (excludes halogenated alkanes) is 1. The molecule has 0 unspecified atom stereocenters. The van der Waals surface area contributed by atoms with Gasteiger partial charge in [-0.2, -0.15) is 4.31 Å². The Morgan fingerprint density at radius 1 is 1.21 bits per heavy atom. The van der Waals surface area contributed by atoms with E-state index < -0.39 is 10.0 Å². The Morgan fingerprint density at radius 2 is 2.00 bits per heavy atom. The third-order valence-electron chi connectivity index (χ3n) is 4.32. The molecular weight excluding hydrogens is 384 g/mol. The molecule has 156 valence electrons. The maximum Gasteiger partial charge on any atom is 0.243 e. The molecule has 28 heavy (non-hydrogen) atoms. The fourth-order valence-electron chi connectivity index (χ4n) is 2.77.